The molecule has 0 saturated carbocycles. The number of ether oxygens (including phenoxy) is 1. The largest absolute Gasteiger partial charge is 0.478 e. The molecule has 10 N–H and O–H groups in total. The van der Waals surface area contributed by atoms with Crippen LogP contribution in [0.1, 0.15) is 134 Å². The van der Waals surface area contributed by atoms with Gasteiger partial charge in [0.15, 0.2) is 0 Å². The summed E-state index contributed by atoms with van der Waals surface area (Å²) in [6.45, 7) is 20.5. The zero-order valence-electron chi connectivity index (χ0n) is 52.9. The molecular weight excluding hydrogens is 1120 g/mol. The fourth-order valence-corrected chi connectivity index (χ4v) is 10.3. The maximum absolute atomic E-state index is 14.2. The number of urea groups is 1. The van der Waals surface area contributed by atoms with Gasteiger partial charge in [0.1, 0.15) is 24.7 Å². The maximum Gasteiger partial charge on any atom is 0.407 e. The van der Waals surface area contributed by atoms with Crippen molar-refractivity contribution in [1.82, 2.24) is 36.8 Å². The number of nitrogens with two attached hydrogens (primary N) is 1. The number of carboxylic acid groups (broad SMARTS) is 1. The summed E-state index contributed by atoms with van der Waals surface area (Å²) >= 11 is 0. The first kappa shape index (κ1) is 69.7. The standard InChI is InChI=1S/C67H88N10O11/c1-40(2)53(36-43(6)63(84)85)76(13)62(83)58(66(7,8)9)75-61(82)57(69-12)67(10,11)49-29-28-47(42(5)35-49)37-71-65(87)88-39-44-24-30-50(31-25-44)72-59(80)51(22-18-34-70-64(68)86)73-60(81)56(41(3)4)74-54(78)32-33-55(79)77-38-48-21-15-14-19-45(48)26-27-46-20-16-17-23-52(46)77/h14-17,19-21,23-25,28-31,35-36,40-41,51,53,56-58,69H,18,22,32-34,37-39H2,1-13H3,(H,71,87)(H,72,80)(H,73,81)(H,74,78)(H,75,82)(H,84,85)(H3,68,70,86)/b43-36+/t51-,53+,56-,57?,58+/m0/s1. The minimum atomic E-state index is -1.11. The molecule has 1 heterocycles. The zero-order chi connectivity index (χ0) is 65.2. The molecule has 0 aliphatic carbocycles. The molecule has 1 unspecified atom stereocenters. The van der Waals surface area contributed by atoms with Gasteiger partial charge < -0.3 is 62.6 Å². The third-order valence-electron chi connectivity index (χ3n) is 15.6. The maximum atomic E-state index is 14.2. The van der Waals surface area contributed by atoms with E-state index in [2.05, 4.69) is 49.1 Å². The van der Waals surface area contributed by atoms with Gasteiger partial charge in [0, 0.05) is 60.8 Å². The first-order valence-corrected chi connectivity index (χ1v) is 29.6. The molecule has 5 rings (SSSR count). The molecule has 472 valence electrons. The first-order chi connectivity index (χ1) is 41.4. The second-order valence-electron chi connectivity index (χ2n) is 24.5. The Kier molecular flexibility index (Phi) is 25.0. The molecule has 21 heteroatoms. The first-order valence-electron chi connectivity index (χ1n) is 29.6. The van der Waals surface area contributed by atoms with E-state index in [1.807, 2.05) is 122 Å². The van der Waals surface area contributed by atoms with Crippen LogP contribution in [0.15, 0.2) is 103 Å². The van der Waals surface area contributed by atoms with E-state index in [0.29, 0.717) is 22.5 Å². The number of hydrogen-bond donors (Lipinski definition) is 9. The number of likely N-dealkylation sites (N-methyl/N-ethyl adjacent to an activating group) is 2. The molecule has 9 amide bonds. The quantitative estimate of drug-likeness (QED) is 0.0165. The van der Waals surface area contributed by atoms with Crippen LogP contribution in [0.5, 0.6) is 0 Å². The molecule has 0 radical (unpaired) electrons. The molecule has 0 bridgehead atoms. The molecule has 4 aromatic rings. The Morgan fingerprint density at radius 1 is 0.773 bits per heavy atom. The molecule has 0 fully saturated rings. The Balaban J connectivity index is 1.15. The van der Waals surface area contributed by atoms with Crippen LogP contribution >= 0.6 is 0 Å². The predicted octanol–water partition coefficient (Wildman–Crippen LogP) is 7.07. The van der Waals surface area contributed by atoms with Crippen molar-refractivity contribution in [3.8, 4) is 11.8 Å². The lowest BCUT2D eigenvalue weighted by molar-refractivity contribution is -0.141. The van der Waals surface area contributed by atoms with Gasteiger partial charge in [-0.15, -0.1) is 0 Å². The van der Waals surface area contributed by atoms with Crippen molar-refractivity contribution in [3.63, 3.8) is 0 Å². The number of para-hydroxylation sites is 1. The Hall–Kier alpha value is -9.03. The molecule has 5 atom stereocenters. The second kappa shape index (κ2) is 31.6. The number of carbonyl (C=O) groups is 9. The van der Waals surface area contributed by atoms with Crippen LogP contribution in [0.2, 0.25) is 0 Å². The summed E-state index contributed by atoms with van der Waals surface area (Å²) in [7, 11) is 3.30. The van der Waals surface area contributed by atoms with E-state index in [9.17, 15) is 48.3 Å². The van der Waals surface area contributed by atoms with Gasteiger partial charge in [-0.05, 0) is 109 Å². The summed E-state index contributed by atoms with van der Waals surface area (Å²) in [4.78, 5) is 123. The fourth-order valence-electron chi connectivity index (χ4n) is 10.3. The lowest BCUT2D eigenvalue weighted by atomic mass is 9.76. The number of rotatable bonds is 27. The van der Waals surface area contributed by atoms with Crippen molar-refractivity contribution in [2.24, 2.45) is 23.0 Å². The van der Waals surface area contributed by atoms with Gasteiger partial charge >= 0.3 is 18.1 Å². The lowest BCUT2D eigenvalue weighted by Gasteiger charge is -2.40. The number of primary amides is 1. The SMILES string of the molecule is CNC(C(=O)N[C@H](C(=O)N(C)[C@H](/C=C(\C)C(=O)O)C(C)C)C(C)(C)C)C(C)(C)c1ccc(CNC(=O)OCc2ccc(NC(=O)[C@H](CCCNC(N)=O)NC(=O)[C@@H](NC(=O)CCC(=O)N3Cc4ccccc4C#Cc4ccccc43)C(C)C)cc2)c(C)c1. The van der Waals surface area contributed by atoms with Crippen LogP contribution < -0.4 is 47.9 Å². The van der Waals surface area contributed by atoms with Crippen molar-refractivity contribution < 1.29 is 53.0 Å². The van der Waals surface area contributed by atoms with Crippen LogP contribution in [0.3, 0.4) is 0 Å². The summed E-state index contributed by atoms with van der Waals surface area (Å²) in [5.74, 6) is 1.98. The van der Waals surface area contributed by atoms with Gasteiger partial charge in [-0.25, -0.2) is 14.4 Å². The number of benzene rings is 4. The van der Waals surface area contributed by atoms with Crippen LogP contribution in [0, 0.1) is 36.0 Å². The highest BCUT2D eigenvalue weighted by molar-refractivity contribution is 6.00. The van der Waals surface area contributed by atoms with E-state index in [-0.39, 0.29) is 75.2 Å². The van der Waals surface area contributed by atoms with Crippen molar-refractivity contribution in [2.45, 2.75) is 157 Å². The Morgan fingerprint density at radius 2 is 1.42 bits per heavy atom. The van der Waals surface area contributed by atoms with E-state index < -0.39 is 88.7 Å². The Labute approximate surface area is 517 Å². The van der Waals surface area contributed by atoms with Crippen molar-refractivity contribution in [3.05, 3.63) is 142 Å². The van der Waals surface area contributed by atoms with E-state index in [1.165, 1.54) is 11.8 Å². The van der Waals surface area contributed by atoms with Gasteiger partial charge in [-0.1, -0.05) is 141 Å². The Bertz CT molecular complexity index is 3280. The third kappa shape index (κ3) is 19.5. The number of alkyl carbamates (subject to hydrolysis) is 1. The number of carboxylic acids is 1. The average molecular weight is 1210 g/mol. The second-order valence-corrected chi connectivity index (χ2v) is 24.5. The normalized spacial score (nSPS) is 13.9. The van der Waals surface area contributed by atoms with E-state index >= 15 is 0 Å². The smallest absolute Gasteiger partial charge is 0.407 e. The highest BCUT2D eigenvalue weighted by Gasteiger charge is 2.42. The molecule has 1 aliphatic heterocycles. The minimum absolute atomic E-state index is 0.0913. The number of fused-ring (bicyclic) bond motifs is 2. The minimum Gasteiger partial charge on any atom is -0.478 e. The van der Waals surface area contributed by atoms with Crippen molar-refractivity contribution in [2.75, 3.05) is 30.9 Å². The van der Waals surface area contributed by atoms with Crippen LogP contribution in [-0.4, -0.2) is 114 Å². The van der Waals surface area contributed by atoms with Gasteiger partial charge in [-0.2, -0.15) is 0 Å². The third-order valence-corrected chi connectivity index (χ3v) is 15.6. The van der Waals surface area contributed by atoms with Crippen molar-refractivity contribution >= 4 is 64.9 Å². The number of anilines is 2. The molecule has 88 heavy (non-hydrogen) atoms. The number of nitrogens with one attached hydrogen (secondary N) is 7. The van der Waals surface area contributed by atoms with E-state index in [4.69, 9.17) is 10.5 Å². The average Bonchev–Trinajstić information content (AvgIpc) is 0.971. The summed E-state index contributed by atoms with van der Waals surface area (Å²) in [5, 5.41) is 29.4. The molecule has 4 aromatic carbocycles. The molecule has 0 saturated heterocycles. The monoisotopic (exact) mass is 1210 g/mol. The topological polar surface area (TPSA) is 300 Å². The summed E-state index contributed by atoms with van der Waals surface area (Å²) < 4.78 is 5.53. The lowest BCUT2D eigenvalue weighted by Crippen LogP contribution is -2.61. The number of aryl methyl sites for hydroxylation is 1. The summed E-state index contributed by atoms with van der Waals surface area (Å²) in [5.41, 5.74) is 10.3. The molecule has 0 spiro atoms. The Morgan fingerprint density at radius 3 is 2.03 bits per heavy atom. The predicted molar refractivity (Wildman–Crippen MR) is 338 cm³/mol. The van der Waals surface area contributed by atoms with Crippen LogP contribution in [-0.2, 0) is 63.4 Å². The number of hydrogen-bond acceptors (Lipinski definition) is 11. The molecule has 1 aliphatic rings. The summed E-state index contributed by atoms with van der Waals surface area (Å²) in [6, 6.07) is 22.0. The zero-order valence-corrected chi connectivity index (χ0v) is 52.9. The van der Waals surface area contributed by atoms with Gasteiger partial charge in [-0.3, -0.25) is 28.8 Å². The fraction of sp³-hybridized carbons (Fsp3) is 0.448. The number of amides is 9. The number of carbonyl (C=O) groups excluding carboxylic acids is 8. The molecule has 0 aromatic heterocycles. The van der Waals surface area contributed by atoms with Crippen molar-refractivity contribution in [1.29, 1.82) is 0 Å². The van der Waals surface area contributed by atoms with Gasteiger partial charge in [0.05, 0.1) is 24.3 Å². The highest BCUT2D eigenvalue weighted by Crippen LogP contribution is 2.32. The highest BCUT2D eigenvalue weighted by atomic mass is 16.5. The van der Waals surface area contributed by atoms with Crippen LogP contribution in [0.4, 0.5) is 21.0 Å². The number of aliphatic carboxylic acids is 1. The number of nitrogens with zero attached hydrogens (tertiary/aromatic N) is 2. The van der Waals surface area contributed by atoms with Crippen LogP contribution in [0.25, 0.3) is 0 Å². The summed E-state index contributed by atoms with van der Waals surface area (Å²) in [6.07, 6.45) is 0.874. The molecule has 21 nitrogen and oxygen atoms in total. The van der Waals surface area contributed by atoms with Gasteiger partial charge in [0.2, 0.25) is 35.4 Å². The molecular formula is C67H88N10O11. The van der Waals surface area contributed by atoms with Gasteiger partial charge in [0.25, 0.3) is 0 Å². The van der Waals surface area contributed by atoms with E-state index in [1.54, 1.807) is 63.2 Å². The van der Waals surface area contributed by atoms with E-state index in [0.717, 1.165) is 27.8 Å².